The van der Waals surface area contributed by atoms with Crippen molar-refractivity contribution in [1.82, 2.24) is 10.2 Å². The van der Waals surface area contributed by atoms with E-state index in [1.54, 1.807) is 12.1 Å². The molecule has 1 saturated heterocycles. The van der Waals surface area contributed by atoms with Crippen molar-refractivity contribution in [3.8, 4) is 5.75 Å². The van der Waals surface area contributed by atoms with Crippen LogP contribution in [0.2, 0.25) is 0 Å². The fourth-order valence-corrected chi connectivity index (χ4v) is 3.52. The van der Waals surface area contributed by atoms with Crippen molar-refractivity contribution >= 4 is 17.3 Å². The number of nitrogens with one attached hydrogen (secondary N) is 1. The molecule has 1 amide bonds. The van der Waals surface area contributed by atoms with Gasteiger partial charge >= 0.3 is 0 Å². The molecule has 0 spiro atoms. The largest absolute Gasteiger partial charge is 0.496 e. The maximum atomic E-state index is 12.6. The Morgan fingerprint density at radius 3 is 2.62 bits per heavy atom. The Hall–Kier alpha value is -2.47. The maximum absolute atomic E-state index is 12.6. The number of nitrogens with zero attached hydrogens (tertiary/aromatic N) is 1. The normalized spacial score (nSPS) is 18.4. The number of hydrogen-bond acceptors (Lipinski definition) is 5. The summed E-state index contributed by atoms with van der Waals surface area (Å²) in [5.41, 5.74) is 14.4. The molecule has 6 heteroatoms. The van der Waals surface area contributed by atoms with Gasteiger partial charge in [0, 0.05) is 31.7 Å². The monoisotopic (exact) mass is 356 g/mol. The van der Waals surface area contributed by atoms with Gasteiger partial charge in [0.15, 0.2) is 0 Å². The molecular weight excluding hydrogens is 328 g/mol. The fraction of sp³-hybridized carbons (Fsp3) is 0.450. The molecule has 2 aliphatic rings. The number of nitrogen functional groups attached to an aromatic ring is 2. The molecule has 0 atom stereocenters. The predicted octanol–water partition coefficient (Wildman–Crippen LogP) is 2.33. The molecule has 1 aromatic carbocycles. The Bertz CT molecular complexity index is 719. The van der Waals surface area contributed by atoms with E-state index in [9.17, 15) is 4.79 Å². The number of hydrogen-bond donors (Lipinski definition) is 3. The van der Waals surface area contributed by atoms with Crippen molar-refractivity contribution in [2.24, 2.45) is 0 Å². The van der Waals surface area contributed by atoms with Gasteiger partial charge in [-0.2, -0.15) is 0 Å². The van der Waals surface area contributed by atoms with Crippen LogP contribution in [0.25, 0.3) is 0 Å². The van der Waals surface area contributed by atoms with Gasteiger partial charge in [-0.3, -0.25) is 9.69 Å². The number of methoxy groups -OCH3 is 1. The SMILES string of the molecule is COc1cc(N)c(N)cc1C(=O)NC1CCN(CC2=CCC=CC2)CC1. The summed E-state index contributed by atoms with van der Waals surface area (Å²) >= 11 is 0. The highest BCUT2D eigenvalue weighted by Gasteiger charge is 2.23. The summed E-state index contributed by atoms with van der Waals surface area (Å²) in [4.78, 5) is 15.1. The number of nitrogens with two attached hydrogens (primary N) is 2. The number of anilines is 2. The Kier molecular flexibility index (Phi) is 5.83. The van der Waals surface area contributed by atoms with Gasteiger partial charge in [0.1, 0.15) is 5.75 Å². The van der Waals surface area contributed by atoms with Crippen LogP contribution in [-0.4, -0.2) is 43.6 Å². The Morgan fingerprint density at radius 2 is 1.96 bits per heavy atom. The molecule has 1 aliphatic heterocycles. The zero-order chi connectivity index (χ0) is 18.5. The lowest BCUT2D eigenvalue weighted by Crippen LogP contribution is -2.45. The van der Waals surface area contributed by atoms with E-state index in [0.29, 0.717) is 22.7 Å². The molecule has 0 bridgehead atoms. The van der Waals surface area contributed by atoms with Crippen LogP contribution in [0.3, 0.4) is 0 Å². The molecule has 6 nitrogen and oxygen atoms in total. The number of piperidine rings is 1. The van der Waals surface area contributed by atoms with Crippen LogP contribution < -0.4 is 21.5 Å². The van der Waals surface area contributed by atoms with Crippen LogP contribution in [0.4, 0.5) is 11.4 Å². The van der Waals surface area contributed by atoms with Gasteiger partial charge in [0.2, 0.25) is 0 Å². The average Bonchev–Trinajstić information content (AvgIpc) is 2.66. The lowest BCUT2D eigenvalue weighted by molar-refractivity contribution is 0.0910. The topological polar surface area (TPSA) is 93.6 Å². The highest BCUT2D eigenvalue weighted by Crippen LogP contribution is 2.27. The first kappa shape index (κ1) is 18.3. The third-order valence-electron chi connectivity index (χ3n) is 5.09. The van der Waals surface area contributed by atoms with Gasteiger partial charge in [-0.25, -0.2) is 0 Å². The minimum Gasteiger partial charge on any atom is -0.496 e. The number of carbonyl (C=O) groups is 1. The average molecular weight is 356 g/mol. The predicted molar refractivity (Wildman–Crippen MR) is 105 cm³/mol. The van der Waals surface area contributed by atoms with Crippen molar-refractivity contribution in [2.75, 3.05) is 38.2 Å². The number of carbonyl (C=O) groups excluding carboxylic acids is 1. The minimum absolute atomic E-state index is 0.160. The van der Waals surface area contributed by atoms with Gasteiger partial charge in [-0.15, -0.1) is 0 Å². The number of amides is 1. The quantitative estimate of drug-likeness (QED) is 0.556. The van der Waals surface area contributed by atoms with E-state index in [1.807, 2.05) is 0 Å². The molecule has 0 saturated carbocycles. The van der Waals surface area contributed by atoms with Crippen molar-refractivity contribution in [1.29, 1.82) is 0 Å². The zero-order valence-electron chi connectivity index (χ0n) is 15.3. The zero-order valence-corrected chi connectivity index (χ0v) is 15.3. The van der Waals surface area contributed by atoms with Gasteiger partial charge in [0.05, 0.1) is 24.0 Å². The summed E-state index contributed by atoms with van der Waals surface area (Å²) in [6, 6.07) is 3.35. The van der Waals surface area contributed by atoms with Crippen LogP contribution in [0.1, 0.15) is 36.0 Å². The number of benzene rings is 1. The molecular formula is C20H28N4O2. The minimum atomic E-state index is -0.160. The van der Waals surface area contributed by atoms with Crippen molar-refractivity contribution in [3.05, 3.63) is 41.5 Å². The summed E-state index contributed by atoms with van der Waals surface area (Å²) in [7, 11) is 1.52. The Labute approximate surface area is 154 Å². The maximum Gasteiger partial charge on any atom is 0.255 e. The second kappa shape index (κ2) is 8.27. The Balaban J connectivity index is 1.53. The first-order valence-electron chi connectivity index (χ1n) is 9.16. The van der Waals surface area contributed by atoms with E-state index in [0.717, 1.165) is 45.3 Å². The van der Waals surface area contributed by atoms with E-state index in [1.165, 1.54) is 12.7 Å². The molecule has 1 aliphatic carbocycles. The second-order valence-corrected chi connectivity index (χ2v) is 6.98. The summed E-state index contributed by atoms with van der Waals surface area (Å²) in [6.07, 6.45) is 10.8. The highest BCUT2D eigenvalue weighted by atomic mass is 16.5. The van der Waals surface area contributed by atoms with Crippen LogP contribution in [0.5, 0.6) is 5.75 Å². The first-order chi connectivity index (χ1) is 12.6. The van der Waals surface area contributed by atoms with Gasteiger partial charge in [-0.05, 0) is 31.7 Å². The van der Waals surface area contributed by atoms with Crippen LogP contribution in [-0.2, 0) is 0 Å². The molecule has 1 fully saturated rings. The molecule has 140 valence electrons. The smallest absolute Gasteiger partial charge is 0.255 e. The number of allylic oxidation sites excluding steroid dienone is 3. The summed E-state index contributed by atoms with van der Waals surface area (Å²) in [6.45, 7) is 3.02. The number of rotatable bonds is 5. The van der Waals surface area contributed by atoms with Gasteiger partial charge < -0.3 is 21.5 Å². The number of ether oxygens (including phenoxy) is 1. The third kappa shape index (κ3) is 4.38. The van der Waals surface area contributed by atoms with Crippen molar-refractivity contribution in [2.45, 2.75) is 31.7 Å². The molecule has 0 unspecified atom stereocenters. The van der Waals surface area contributed by atoms with E-state index >= 15 is 0 Å². The van der Waals surface area contributed by atoms with Gasteiger partial charge in [-0.1, -0.05) is 23.8 Å². The van der Waals surface area contributed by atoms with E-state index in [4.69, 9.17) is 16.2 Å². The fourth-order valence-electron chi connectivity index (χ4n) is 3.52. The lowest BCUT2D eigenvalue weighted by atomic mass is 10.0. The van der Waals surface area contributed by atoms with Crippen LogP contribution >= 0.6 is 0 Å². The first-order valence-corrected chi connectivity index (χ1v) is 9.16. The molecule has 1 aromatic rings. The molecule has 1 heterocycles. The van der Waals surface area contributed by atoms with Crippen LogP contribution in [0.15, 0.2) is 35.9 Å². The molecule has 3 rings (SSSR count). The van der Waals surface area contributed by atoms with E-state index in [-0.39, 0.29) is 11.9 Å². The standard InChI is InChI=1S/C20H28N4O2/c1-26-19-12-18(22)17(21)11-16(19)20(25)23-15-7-9-24(10-8-15)13-14-5-3-2-4-6-14/h2-3,6,11-12,15H,4-5,7-10,13,21-22H2,1H3,(H,23,25). The van der Waals surface area contributed by atoms with E-state index in [2.05, 4.69) is 28.4 Å². The molecule has 0 aromatic heterocycles. The Morgan fingerprint density at radius 1 is 1.23 bits per heavy atom. The lowest BCUT2D eigenvalue weighted by Gasteiger charge is -2.33. The third-order valence-corrected chi connectivity index (χ3v) is 5.09. The second-order valence-electron chi connectivity index (χ2n) is 6.98. The molecule has 26 heavy (non-hydrogen) atoms. The van der Waals surface area contributed by atoms with Crippen molar-refractivity contribution < 1.29 is 9.53 Å². The number of likely N-dealkylation sites (tertiary alicyclic amines) is 1. The summed E-state index contributed by atoms with van der Waals surface area (Å²) in [5, 5.41) is 3.11. The highest BCUT2D eigenvalue weighted by molar-refractivity contribution is 5.99. The molecule has 0 radical (unpaired) electrons. The molecule has 5 N–H and O–H groups in total. The van der Waals surface area contributed by atoms with Crippen molar-refractivity contribution in [3.63, 3.8) is 0 Å². The van der Waals surface area contributed by atoms with E-state index < -0.39 is 0 Å². The van der Waals surface area contributed by atoms with Gasteiger partial charge in [0.25, 0.3) is 5.91 Å². The summed E-state index contributed by atoms with van der Waals surface area (Å²) < 4.78 is 5.28. The van der Waals surface area contributed by atoms with Crippen LogP contribution in [0, 0.1) is 0 Å². The summed E-state index contributed by atoms with van der Waals surface area (Å²) in [5.74, 6) is 0.288.